The quantitative estimate of drug-likeness (QED) is 0.367. The van der Waals surface area contributed by atoms with E-state index in [1.54, 1.807) is 13.0 Å². The van der Waals surface area contributed by atoms with Gasteiger partial charge >= 0.3 is 0 Å². The van der Waals surface area contributed by atoms with Crippen LogP contribution in [0.4, 0.5) is 4.39 Å². The number of hydrogen-bond donors (Lipinski definition) is 1. The Balaban J connectivity index is 1.54. The number of aryl methyl sites for hydroxylation is 2. The number of fused-ring (bicyclic) bond motifs is 1. The van der Waals surface area contributed by atoms with Crippen molar-refractivity contribution in [1.29, 1.82) is 0 Å². The molecule has 0 aliphatic rings. The van der Waals surface area contributed by atoms with Gasteiger partial charge in [0.25, 0.3) is 0 Å². The number of benzene rings is 2. The van der Waals surface area contributed by atoms with E-state index >= 15 is 0 Å². The van der Waals surface area contributed by atoms with Crippen molar-refractivity contribution in [3.63, 3.8) is 0 Å². The van der Waals surface area contributed by atoms with E-state index in [1.807, 2.05) is 70.7 Å². The molecule has 0 spiro atoms. The summed E-state index contributed by atoms with van der Waals surface area (Å²) in [6, 6.07) is 20.7. The molecular weight excluding hydrogens is 427 g/mol. The molecule has 0 bridgehead atoms. The van der Waals surface area contributed by atoms with Crippen molar-refractivity contribution in [2.75, 3.05) is 0 Å². The second-order valence-corrected chi connectivity index (χ2v) is 8.29. The Morgan fingerprint density at radius 2 is 1.66 bits per heavy atom. The fourth-order valence-corrected chi connectivity index (χ4v) is 4.08. The number of nitrogens with zero attached hydrogens (tertiary/aromatic N) is 4. The summed E-state index contributed by atoms with van der Waals surface area (Å²) in [5.74, 6) is -0.993. The van der Waals surface area contributed by atoms with Crippen LogP contribution in [0, 0.1) is 19.7 Å². The lowest BCUT2D eigenvalue weighted by molar-refractivity contribution is 0.428. The maximum Gasteiger partial charge on any atom is 0.165 e. The summed E-state index contributed by atoms with van der Waals surface area (Å²) in [4.78, 5) is 0. The minimum absolute atomic E-state index is 0.334. The standard InChI is InChI=1S/C25H20ClFN4O/c1-15-8-18(10-22(27)25(15)32)23-9-16(2)30(28-23)14-21-12-19(26)11-20-13-24(29-31(20)21)17-6-4-3-5-7-17/h3-13,32H,14H2,1-2H3. The minimum atomic E-state index is -0.659. The van der Waals surface area contributed by atoms with Crippen LogP contribution in [0.2, 0.25) is 5.02 Å². The number of phenols is 1. The molecule has 1 N–H and O–H groups in total. The summed E-state index contributed by atoms with van der Waals surface area (Å²) in [7, 11) is 0. The summed E-state index contributed by atoms with van der Waals surface area (Å²) >= 11 is 6.40. The molecule has 3 aromatic heterocycles. The largest absolute Gasteiger partial charge is 0.505 e. The summed E-state index contributed by atoms with van der Waals surface area (Å²) < 4.78 is 17.7. The zero-order chi connectivity index (χ0) is 22.4. The van der Waals surface area contributed by atoms with Crippen molar-refractivity contribution in [3.8, 4) is 28.3 Å². The van der Waals surface area contributed by atoms with Gasteiger partial charge in [0.1, 0.15) is 0 Å². The molecular formula is C25H20ClFN4O. The van der Waals surface area contributed by atoms with Crippen LogP contribution in [0.3, 0.4) is 0 Å². The van der Waals surface area contributed by atoms with Crippen LogP contribution in [0.5, 0.6) is 5.75 Å². The highest BCUT2D eigenvalue weighted by Gasteiger charge is 2.14. The first-order chi connectivity index (χ1) is 15.4. The molecule has 7 heteroatoms. The first kappa shape index (κ1) is 20.3. The molecule has 0 radical (unpaired) electrons. The Labute approximate surface area is 189 Å². The van der Waals surface area contributed by atoms with Gasteiger partial charge in [-0.2, -0.15) is 10.2 Å². The van der Waals surface area contributed by atoms with Crippen molar-refractivity contribution >= 4 is 17.1 Å². The monoisotopic (exact) mass is 446 g/mol. The molecule has 32 heavy (non-hydrogen) atoms. The van der Waals surface area contributed by atoms with E-state index in [2.05, 4.69) is 5.10 Å². The molecule has 0 saturated heterocycles. The Morgan fingerprint density at radius 3 is 2.41 bits per heavy atom. The smallest absolute Gasteiger partial charge is 0.165 e. The van der Waals surface area contributed by atoms with E-state index in [9.17, 15) is 9.50 Å². The van der Waals surface area contributed by atoms with Crippen LogP contribution in [-0.4, -0.2) is 24.5 Å². The van der Waals surface area contributed by atoms with Crippen LogP contribution in [-0.2, 0) is 6.54 Å². The van der Waals surface area contributed by atoms with Gasteiger partial charge in [0.2, 0.25) is 0 Å². The molecule has 0 unspecified atom stereocenters. The number of phenolic OH excluding ortho intramolecular Hbond substituents is 1. The average Bonchev–Trinajstić information content (AvgIpc) is 3.36. The lowest BCUT2D eigenvalue weighted by Gasteiger charge is -2.08. The van der Waals surface area contributed by atoms with Crippen molar-refractivity contribution in [3.05, 3.63) is 94.5 Å². The summed E-state index contributed by atoms with van der Waals surface area (Å²) in [5, 5.41) is 19.8. The SMILES string of the molecule is Cc1cc(-c2cc(C)n(Cc3cc(Cl)cc4cc(-c5ccccc5)nn34)n2)cc(F)c1O. The number of hydrogen-bond acceptors (Lipinski definition) is 3. The van der Waals surface area contributed by atoms with Crippen molar-refractivity contribution in [2.45, 2.75) is 20.4 Å². The first-order valence-corrected chi connectivity index (χ1v) is 10.5. The average molecular weight is 447 g/mol. The Hall–Kier alpha value is -3.64. The number of pyridine rings is 1. The first-order valence-electron chi connectivity index (χ1n) is 10.2. The molecule has 0 aliphatic carbocycles. The van der Waals surface area contributed by atoms with E-state index in [0.717, 1.165) is 28.2 Å². The third-order valence-corrected chi connectivity index (χ3v) is 5.73. The maximum absolute atomic E-state index is 14.0. The summed E-state index contributed by atoms with van der Waals surface area (Å²) in [6.07, 6.45) is 0. The van der Waals surface area contributed by atoms with Crippen LogP contribution in [0.25, 0.3) is 28.0 Å². The van der Waals surface area contributed by atoms with Crippen molar-refractivity contribution in [2.24, 2.45) is 0 Å². The predicted octanol–water partition coefficient (Wildman–Crippen LogP) is 6.03. The number of rotatable bonds is 4. The Kier molecular flexibility index (Phi) is 4.94. The molecule has 5 aromatic rings. The van der Waals surface area contributed by atoms with Gasteiger partial charge in [0.15, 0.2) is 11.6 Å². The minimum Gasteiger partial charge on any atom is -0.505 e. The van der Waals surface area contributed by atoms with E-state index < -0.39 is 5.82 Å². The second kappa shape index (κ2) is 7.80. The molecule has 0 amide bonds. The maximum atomic E-state index is 14.0. The van der Waals surface area contributed by atoms with Crippen LogP contribution < -0.4 is 0 Å². The fourth-order valence-electron chi connectivity index (χ4n) is 3.84. The van der Waals surface area contributed by atoms with Crippen molar-refractivity contribution < 1.29 is 9.50 Å². The van der Waals surface area contributed by atoms with Gasteiger partial charge in [-0.05, 0) is 55.8 Å². The number of halogens is 2. The van der Waals surface area contributed by atoms with Gasteiger partial charge in [-0.1, -0.05) is 41.9 Å². The predicted molar refractivity (Wildman–Crippen MR) is 123 cm³/mol. The van der Waals surface area contributed by atoms with Gasteiger partial charge in [-0.3, -0.25) is 4.68 Å². The van der Waals surface area contributed by atoms with E-state index in [4.69, 9.17) is 16.7 Å². The van der Waals surface area contributed by atoms with Crippen LogP contribution >= 0.6 is 11.6 Å². The highest BCUT2D eigenvalue weighted by molar-refractivity contribution is 6.31. The number of aromatic nitrogens is 4. The zero-order valence-electron chi connectivity index (χ0n) is 17.5. The Bertz CT molecular complexity index is 1430. The highest BCUT2D eigenvalue weighted by Crippen LogP contribution is 2.29. The van der Waals surface area contributed by atoms with E-state index in [1.165, 1.54) is 6.07 Å². The molecule has 0 fully saturated rings. The third kappa shape index (κ3) is 3.63. The van der Waals surface area contributed by atoms with Gasteiger partial charge in [0.05, 0.1) is 29.1 Å². The molecule has 0 atom stereocenters. The van der Waals surface area contributed by atoms with Gasteiger partial charge in [0, 0.05) is 21.8 Å². The van der Waals surface area contributed by atoms with Gasteiger partial charge in [-0.25, -0.2) is 8.91 Å². The summed E-state index contributed by atoms with van der Waals surface area (Å²) in [6.45, 7) is 4.05. The lowest BCUT2D eigenvalue weighted by atomic mass is 10.1. The molecule has 0 saturated carbocycles. The Morgan fingerprint density at radius 1 is 0.906 bits per heavy atom. The lowest BCUT2D eigenvalue weighted by Crippen LogP contribution is -2.09. The van der Waals surface area contributed by atoms with Gasteiger partial charge in [-0.15, -0.1) is 0 Å². The number of aromatic hydroxyl groups is 1. The molecule has 160 valence electrons. The topological polar surface area (TPSA) is 55.4 Å². The van der Waals surface area contributed by atoms with Crippen LogP contribution in [0.1, 0.15) is 17.0 Å². The zero-order valence-corrected chi connectivity index (χ0v) is 18.3. The molecule has 2 aromatic carbocycles. The molecule has 5 nitrogen and oxygen atoms in total. The van der Waals surface area contributed by atoms with Crippen LogP contribution in [0.15, 0.2) is 66.7 Å². The molecule has 5 rings (SSSR count). The highest BCUT2D eigenvalue weighted by atomic mass is 35.5. The summed E-state index contributed by atoms with van der Waals surface area (Å²) in [5.41, 5.74) is 6.29. The van der Waals surface area contributed by atoms with E-state index in [-0.39, 0.29) is 5.75 Å². The van der Waals surface area contributed by atoms with E-state index in [0.29, 0.717) is 28.4 Å². The fraction of sp³-hybridized carbons (Fsp3) is 0.120. The normalized spacial score (nSPS) is 11.4. The molecule has 3 heterocycles. The van der Waals surface area contributed by atoms with Gasteiger partial charge < -0.3 is 5.11 Å². The molecule has 0 aliphatic heterocycles. The second-order valence-electron chi connectivity index (χ2n) is 7.85. The third-order valence-electron chi connectivity index (χ3n) is 5.51. The van der Waals surface area contributed by atoms with Crippen molar-refractivity contribution in [1.82, 2.24) is 19.4 Å².